The molecular weight excluding hydrogens is 221 g/mol. The van der Waals surface area contributed by atoms with Crippen molar-refractivity contribution in [3.05, 3.63) is 24.0 Å². The lowest BCUT2D eigenvalue weighted by Gasteiger charge is -2.05. The Balaban J connectivity index is 3.29. The van der Waals surface area contributed by atoms with Gasteiger partial charge in [-0.2, -0.15) is 13.2 Å². The van der Waals surface area contributed by atoms with Crippen molar-refractivity contribution in [2.24, 2.45) is 5.14 Å². The first-order valence-electron chi connectivity index (χ1n) is 3.27. The number of hydrogen-bond donors (Lipinski definition) is 1. The van der Waals surface area contributed by atoms with Crippen LogP contribution < -0.4 is 5.14 Å². The smallest absolute Gasteiger partial charge is 0.252 e. The minimum Gasteiger partial charge on any atom is -0.252 e. The molecule has 0 spiro atoms. The number of primary sulfonamides is 1. The van der Waals surface area contributed by atoms with Crippen molar-refractivity contribution in [3.63, 3.8) is 0 Å². The maximum Gasteiger partial charge on any atom is 0.433 e. The molecule has 0 amide bonds. The van der Waals surface area contributed by atoms with Crippen molar-refractivity contribution < 1.29 is 21.6 Å². The minimum absolute atomic E-state index is 0.384. The predicted octanol–water partition coefficient (Wildman–Crippen LogP) is 0.748. The summed E-state index contributed by atoms with van der Waals surface area (Å²) >= 11 is 0. The van der Waals surface area contributed by atoms with Gasteiger partial charge in [-0.25, -0.2) is 13.6 Å². The Bertz CT molecular complexity index is 441. The van der Waals surface area contributed by atoms with E-state index in [0.29, 0.717) is 6.07 Å². The Morgan fingerprint density at radius 2 is 1.93 bits per heavy atom. The summed E-state index contributed by atoms with van der Waals surface area (Å²) in [5.74, 6) is 0. The summed E-state index contributed by atoms with van der Waals surface area (Å²) in [6.45, 7) is 0. The third-order valence-electron chi connectivity index (χ3n) is 1.35. The van der Waals surface area contributed by atoms with Crippen LogP contribution in [0.5, 0.6) is 0 Å². The third kappa shape index (κ3) is 2.42. The molecule has 0 saturated heterocycles. The molecule has 8 heteroatoms. The Morgan fingerprint density at radius 3 is 2.36 bits per heavy atom. The zero-order valence-electron chi connectivity index (χ0n) is 6.62. The Morgan fingerprint density at radius 1 is 1.36 bits per heavy atom. The molecular formula is C6H5F3N2O2S. The van der Waals surface area contributed by atoms with Crippen LogP contribution in [0, 0.1) is 0 Å². The lowest BCUT2D eigenvalue weighted by molar-refractivity contribution is -0.141. The minimum atomic E-state index is -4.68. The molecule has 0 aromatic carbocycles. The van der Waals surface area contributed by atoms with Crippen LogP contribution in [-0.2, 0) is 16.2 Å². The molecule has 0 radical (unpaired) electrons. The van der Waals surface area contributed by atoms with Crippen molar-refractivity contribution >= 4 is 10.0 Å². The van der Waals surface area contributed by atoms with Crippen LogP contribution >= 0.6 is 0 Å². The average molecular weight is 226 g/mol. The van der Waals surface area contributed by atoms with Gasteiger partial charge in [-0.15, -0.1) is 0 Å². The molecule has 78 valence electrons. The highest BCUT2D eigenvalue weighted by Crippen LogP contribution is 2.28. The summed E-state index contributed by atoms with van der Waals surface area (Å²) in [6, 6.07) is 1.28. The first-order chi connectivity index (χ1) is 6.21. The molecule has 4 nitrogen and oxygen atoms in total. The standard InChI is InChI=1S/C6H5F3N2O2S/c7-6(8,9)5-3-4(1-2-11-5)14(10,12)13/h1-3H,(H2,10,12,13). The van der Waals surface area contributed by atoms with Gasteiger partial charge in [-0.3, -0.25) is 4.98 Å². The highest BCUT2D eigenvalue weighted by molar-refractivity contribution is 7.89. The predicted molar refractivity (Wildman–Crippen MR) is 40.6 cm³/mol. The average Bonchev–Trinajstić information content (AvgIpc) is 2.01. The van der Waals surface area contributed by atoms with Gasteiger partial charge < -0.3 is 0 Å². The molecule has 1 aromatic rings. The highest BCUT2D eigenvalue weighted by Gasteiger charge is 2.33. The Labute approximate surface area is 77.6 Å². The molecule has 1 rings (SSSR count). The van der Waals surface area contributed by atoms with E-state index in [-0.39, 0.29) is 0 Å². The van der Waals surface area contributed by atoms with Gasteiger partial charge >= 0.3 is 6.18 Å². The number of nitrogens with two attached hydrogens (primary N) is 1. The molecule has 2 N–H and O–H groups in total. The summed E-state index contributed by atoms with van der Waals surface area (Å²) in [5, 5.41) is 4.65. The maximum absolute atomic E-state index is 12.1. The zero-order chi connectivity index (χ0) is 11.0. The van der Waals surface area contributed by atoms with E-state index >= 15 is 0 Å². The number of halogens is 3. The van der Waals surface area contributed by atoms with Crippen LogP contribution in [0.2, 0.25) is 0 Å². The molecule has 0 bridgehead atoms. The number of pyridine rings is 1. The number of sulfonamides is 1. The van der Waals surface area contributed by atoms with E-state index in [1.807, 2.05) is 0 Å². The normalized spacial score (nSPS) is 12.9. The summed E-state index contributed by atoms with van der Waals surface area (Å²) in [6.07, 6.45) is -3.94. The second-order valence-electron chi connectivity index (χ2n) is 2.42. The molecule has 0 unspecified atom stereocenters. The summed E-state index contributed by atoms with van der Waals surface area (Å²) in [4.78, 5) is 2.37. The second-order valence-corrected chi connectivity index (χ2v) is 3.98. The number of rotatable bonds is 1. The van der Waals surface area contributed by atoms with Gasteiger partial charge in [0.25, 0.3) is 0 Å². The fraction of sp³-hybridized carbons (Fsp3) is 0.167. The molecule has 0 aliphatic rings. The monoisotopic (exact) mass is 226 g/mol. The van der Waals surface area contributed by atoms with Crippen LogP contribution in [0.15, 0.2) is 23.2 Å². The van der Waals surface area contributed by atoms with Gasteiger partial charge in [0.1, 0.15) is 5.69 Å². The van der Waals surface area contributed by atoms with Gasteiger partial charge in [0.2, 0.25) is 10.0 Å². The van der Waals surface area contributed by atoms with E-state index in [2.05, 4.69) is 10.1 Å². The van der Waals surface area contributed by atoms with Crippen molar-refractivity contribution in [3.8, 4) is 0 Å². The van der Waals surface area contributed by atoms with E-state index in [1.165, 1.54) is 0 Å². The zero-order valence-corrected chi connectivity index (χ0v) is 7.43. The van der Waals surface area contributed by atoms with Crippen molar-refractivity contribution in [1.29, 1.82) is 0 Å². The summed E-state index contributed by atoms with van der Waals surface area (Å²) < 4.78 is 57.6. The molecule has 0 atom stereocenters. The molecule has 0 aliphatic heterocycles. The van der Waals surface area contributed by atoms with Crippen molar-refractivity contribution in [2.75, 3.05) is 0 Å². The van der Waals surface area contributed by atoms with Gasteiger partial charge in [-0.1, -0.05) is 0 Å². The van der Waals surface area contributed by atoms with Gasteiger partial charge in [0.05, 0.1) is 4.90 Å². The fourth-order valence-electron chi connectivity index (χ4n) is 0.743. The summed E-state index contributed by atoms with van der Waals surface area (Å²) in [7, 11) is -4.13. The number of nitrogens with zero attached hydrogens (tertiary/aromatic N) is 1. The number of alkyl halides is 3. The van der Waals surface area contributed by atoms with Gasteiger partial charge in [0.15, 0.2) is 0 Å². The summed E-state index contributed by atoms with van der Waals surface area (Å²) in [5.41, 5.74) is -1.29. The largest absolute Gasteiger partial charge is 0.433 e. The van der Waals surface area contributed by atoms with Gasteiger partial charge in [-0.05, 0) is 12.1 Å². The van der Waals surface area contributed by atoms with Crippen LogP contribution in [-0.4, -0.2) is 13.4 Å². The number of hydrogen-bond acceptors (Lipinski definition) is 3. The third-order valence-corrected chi connectivity index (χ3v) is 2.26. The number of aromatic nitrogens is 1. The fourth-order valence-corrected chi connectivity index (χ4v) is 1.27. The quantitative estimate of drug-likeness (QED) is 0.767. The van der Waals surface area contributed by atoms with Crippen LogP contribution in [0.1, 0.15) is 5.69 Å². The van der Waals surface area contributed by atoms with Crippen LogP contribution in [0.4, 0.5) is 13.2 Å². The second kappa shape index (κ2) is 3.21. The Kier molecular flexibility index (Phi) is 2.50. The lowest BCUT2D eigenvalue weighted by atomic mass is 10.3. The molecule has 14 heavy (non-hydrogen) atoms. The van der Waals surface area contributed by atoms with Crippen molar-refractivity contribution in [2.45, 2.75) is 11.1 Å². The molecule has 1 heterocycles. The SMILES string of the molecule is NS(=O)(=O)c1ccnc(C(F)(F)F)c1. The molecule has 0 fully saturated rings. The maximum atomic E-state index is 12.1. The molecule has 0 aliphatic carbocycles. The first-order valence-corrected chi connectivity index (χ1v) is 4.82. The first kappa shape index (κ1) is 10.9. The van der Waals surface area contributed by atoms with E-state index in [0.717, 1.165) is 12.3 Å². The molecule has 0 saturated carbocycles. The highest BCUT2D eigenvalue weighted by atomic mass is 32.2. The lowest BCUT2D eigenvalue weighted by Crippen LogP contribution is -2.15. The van der Waals surface area contributed by atoms with Gasteiger partial charge in [0, 0.05) is 6.20 Å². The van der Waals surface area contributed by atoms with E-state index in [4.69, 9.17) is 0 Å². The van der Waals surface area contributed by atoms with E-state index in [1.54, 1.807) is 0 Å². The molecule has 1 aromatic heterocycles. The van der Waals surface area contributed by atoms with Crippen LogP contribution in [0.3, 0.4) is 0 Å². The van der Waals surface area contributed by atoms with E-state index < -0.39 is 26.8 Å². The van der Waals surface area contributed by atoms with Crippen molar-refractivity contribution in [1.82, 2.24) is 4.98 Å². The van der Waals surface area contributed by atoms with E-state index in [9.17, 15) is 21.6 Å². The topological polar surface area (TPSA) is 73.1 Å². The van der Waals surface area contributed by atoms with Crippen LogP contribution in [0.25, 0.3) is 0 Å². The Hall–Kier alpha value is -1.15.